The van der Waals surface area contributed by atoms with Gasteiger partial charge in [-0.25, -0.2) is 0 Å². The van der Waals surface area contributed by atoms with Crippen molar-refractivity contribution in [1.82, 2.24) is 14.8 Å². The average molecular weight is 364 g/mol. The standard InChI is InChI=1S/C22H28N4O/c23-10-9-17-3-5-18(6-4-17)13-25-14-19-7-8-21(25)16-26(15-19)22(27)20-2-1-11-24-12-20/h1-6,11-12,19,21H,7-10,13-16,23H2/t19-,21-/m1/s1. The van der Waals surface area contributed by atoms with E-state index in [4.69, 9.17) is 5.73 Å². The zero-order valence-electron chi connectivity index (χ0n) is 15.8. The first kappa shape index (κ1) is 18.1. The molecule has 2 atom stereocenters. The first-order valence-corrected chi connectivity index (χ1v) is 9.94. The first-order valence-electron chi connectivity index (χ1n) is 9.94. The lowest BCUT2D eigenvalue weighted by Crippen LogP contribution is -2.43. The van der Waals surface area contributed by atoms with Crippen LogP contribution in [0.15, 0.2) is 48.8 Å². The highest BCUT2D eigenvalue weighted by atomic mass is 16.2. The summed E-state index contributed by atoms with van der Waals surface area (Å²) in [6.45, 7) is 4.40. The Labute approximate surface area is 161 Å². The molecule has 5 rings (SSSR count). The fourth-order valence-electron chi connectivity index (χ4n) is 4.42. The maximum absolute atomic E-state index is 12.9. The van der Waals surface area contributed by atoms with E-state index in [1.807, 2.05) is 17.0 Å². The molecule has 0 aliphatic carbocycles. The minimum Gasteiger partial charge on any atom is -0.337 e. The molecule has 1 amide bonds. The van der Waals surface area contributed by atoms with Crippen molar-refractivity contribution in [2.75, 3.05) is 26.2 Å². The van der Waals surface area contributed by atoms with Crippen molar-refractivity contribution in [2.45, 2.75) is 31.8 Å². The molecule has 3 aliphatic rings. The summed E-state index contributed by atoms with van der Waals surface area (Å²) in [5, 5.41) is 0. The van der Waals surface area contributed by atoms with Gasteiger partial charge in [0.2, 0.25) is 0 Å². The molecule has 4 heterocycles. The maximum atomic E-state index is 12.9. The molecule has 0 spiro atoms. The second kappa shape index (κ2) is 8.19. The molecule has 142 valence electrons. The number of rotatable bonds is 5. The van der Waals surface area contributed by atoms with E-state index in [0.29, 0.717) is 24.1 Å². The number of nitrogens with zero attached hydrogens (tertiary/aromatic N) is 3. The third-order valence-electron chi connectivity index (χ3n) is 5.86. The summed E-state index contributed by atoms with van der Waals surface area (Å²) < 4.78 is 0. The highest BCUT2D eigenvalue weighted by Crippen LogP contribution is 2.30. The predicted octanol–water partition coefficient (Wildman–Crippen LogP) is 2.32. The van der Waals surface area contributed by atoms with Crippen LogP contribution in [-0.2, 0) is 13.0 Å². The van der Waals surface area contributed by atoms with Gasteiger partial charge < -0.3 is 10.6 Å². The topological polar surface area (TPSA) is 62.5 Å². The van der Waals surface area contributed by atoms with Crippen molar-refractivity contribution < 1.29 is 4.79 Å². The molecular formula is C22H28N4O. The van der Waals surface area contributed by atoms with Crippen molar-refractivity contribution in [3.05, 3.63) is 65.5 Å². The fraction of sp³-hybridized carbons (Fsp3) is 0.455. The third kappa shape index (κ3) is 4.20. The average Bonchev–Trinajstić information content (AvgIpc) is 3.02. The van der Waals surface area contributed by atoms with Gasteiger partial charge in [-0.1, -0.05) is 24.3 Å². The van der Waals surface area contributed by atoms with Gasteiger partial charge in [0.15, 0.2) is 0 Å². The van der Waals surface area contributed by atoms with Crippen LogP contribution >= 0.6 is 0 Å². The lowest BCUT2D eigenvalue weighted by molar-refractivity contribution is 0.0735. The third-order valence-corrected chi connectivity index (χ3v) is 5.86. The second-order valence-electron chi connectivity index (χ2n) is 7.83. The van der Waals surface area contributed by atoms with E-state index in [1.165, 1.54) is 24.0 Å². The van der Waals surface area contributed by atoms with Gasteiger partial charge in [0.25, 0.3) is 5.91 Å². The zero-order chi connectivity index (χ0) is 18.6. The quantitative estimate of drug-likeness (QED) is 0.884. The van der Waals surface area contributed by atoms with Gasteiger partial charge in [-0.15, -0.1) is 0 Å². The summed E-state index contributed by atoms with van der Waals surface area (Å²) in [4.78, 5) is 21.6. The van der Waals surface area contributed by atoms with Crippen LogP contribution in [0.1, 0.15) is 34.3 Å². The summed E-state index contributed by atoms with van der Waals surface area (Å²) in [5.41, 5.74) is 8.98. The van der Waals surface area contributed by atoms with E-state index in [1.54, 1.807) is 12.4 Å². The van der Waals surface area contributed by atoms with Gasteiger partial charge >= 0.3 is 0 Å². The van der Waals surface area contributed by atoms with Gasteiger partial charge in [0, 0.05) is 44.6 Å². The number of amides is 1. The zero-order valence-corrected chi connectivity index (χ0v) is 15.8. The highest BCUT2D eigenvalue weighted by molar-refractivity contribution is 5.94. The number of nitrogens with two attached hydrogens (primary N) is 1. The van der Waals surface area contributed by atoms with Crippen LogP contribution in [0.25, 0.3) is 0 Å². The smallest absolute Gasteiger partial charge is 0.255 e. The molecule has 2 bridgehead atoms. The molecule has 1 aromatic heterocycles. The number of benzene rings is 1. The van der Waals surface area contributed by atoms with Crippen molar-refractivity contribution in [3.8, 4) is 0 Å². The Morgan fingerprint density at radius 3 is 2.63 bits per heavy atom. The fourth-order valence-corrected chi connectivity index (χ4v) is 4.42. The van der Waals surface area contributed by atoms with Crippen LogP contribution in [0.4, 0.5) is 0 Å². The second-order valence-corrected chi connectivity index (χ2v) is 7.83. The van der Waals surface area contributed by atoms with E-state index in [2.05, 4.69) is 34.1 Å². The molecule has 27 heavy (non-hydrogen) atoms. The number of carbonyl (C=O) groups excluding carboxylic acids is 1. The number of pyridine rings is 1. The molecule has 0 saturated carbocycles. The van der Waals surface area contributed by atoms with Gasteiger partial charge in [-0.3, -0.25) is 14.7 Å². The summed E-state index contributed by atoms with van der Waals surface area (Å²) >= 11 is 0. The Hall–Kier alpha value is -2.24. The molecule has 0 unspecified atom stereocenters. The van der Waals surface area contributed by atoms with Crippen LogP contribution in [0.2, 0.25) is 0 Å². The van der Waals surface area contributed by atoms with Gasteiger partial charge in [0.05, 0.1) is 5.56 Å². The van der Waals surface area contributed by atoms with Crippen LogP contribution < -0.4 is 5.73 Å². The predicted molar refractivity (Wildman–Crippen MR) is 106 cm³/mol. The molecule has 3 aliphatic heterocycles. The van der Waals surface area contributed by atoms with Crippen LogP contribution in [-0.4, -0.2) is 52.9 Å². The van der Waals surface area contributed by atoms with E-state index in [9.17, 15) is 4.79 Å². The van der Waals surface area contributed by atoms with Crippen molar-refractivity contribution >= 4 is 5.91 Å². The minimum atomic E-state index is 0.119. The van der Waals surface area contributed by atoms with Crippen LogP contribution in [0.3, 0.4) is 0 Å². The van der Waals surface area contributed by atoms with Crippen molar-refractivity contribution in [3.63, 3.8) is 0 Å². The molecule has 3 fully saturated rings. The monoisotopic (exact) mass is 364 g/mol. The summed E-state index contributed by atoms with van der Waals surface area (Å²) in [5.74, 6) is 0.675. The highest BCUT2D eigenvalue weighted by Gasteiger charge is 2.36. The molecule has 5 nitrogen and oxygen atoms in total. The Bertz CT molecular complexity index is 762. The summed E-state index contributed by atoms with van der Waals surface area (Å²) in [6.07, 6.45) is 6.71. The molecular weight excluding hydrogens is 336 g/mol. The number of fused-ring (bicyclic) bond motifs is 4. The molecule has 2 aromatic rings. The number of aromatic nitrogens is 1. The molecule has 2 N–H and O–H groups in total. The normalized spacial score (nSPS) is 22.6. The number of hydrogen-bond acceptors (Lipinski definition) is 4. The SMILES string of the molecule is NCCc1ccc(CN2C[C@H]3CC[C@@H]2CN(C(=O)c2cccnc2)C3)cc1. The first-order chi connectivity index (χ1) is 13.2. The number of piperidine rings is 1. The lowest BCUT2D eigenvalue weighted by Gasteiger charge is -2.36. The van der Waals surface area contributed by atoms with E-state index >= 15 is 0 Å². The molecule has 0 radical (unpaired) electrons. The van der Waals surface area contributed by atoms with Crippen molar-refractivity contribution in [1.29, 1.82) is 0 Å². The Morgan fingerprint density at radius 2 is 1.89 bits per heavy atom. The molecule has 3 saturated heterocycles. The van der Waals surface area contributed by atoms with E-state index < -0.39 is 0 Å². The largest absolute Gasteiger partial charge is 0.337 e. The van der Waals surface area contributed by atoms with Crippen LogP contribution in [0.5, 0.6) is 0 Å². The van der Waals surface area contributed by atoms with Gasteiger partial charge in [-0.05, 0) is 55.0 Å². The maximum Gasteiger partial charge on any atom is 0.255 e. The van der Waals surface area contributed by atoms with E-state index in [-0.39, 0.29) is 5.91 Å². The number of carbonyl (C=O) groups is 1. The lowest BCUT2D eigenvalue weighted by atomic mass is 9.94. The molecule has 1 aromatic carbocycles. The minimum absolute atomic E-state index is 0.119. The van der Waals surface area contributed by atoms with E-state index in [0.717, 1.165) is 32.6 Å². The summed E-state index contributed by atoms with van der Waals surface area (Å²) in [7, 11) is 0. The van der Waals surface area contributed by atoms with Crippen molar-refractivity contribution in [2.24, 2.45) is 11.7 Å². The number of hydrogen-bond donors (Lipinski definition) is 1. The molecule has 5 heteroatoms. The Morgan fingerprint density at radius 1 is 1.07 bits per heavy atom. The summed E-state index contributed by atoms with van der Waals surface area (Å²) in [6, 6.07) is 13.0. The Kier molecular flexibility index (Phi) is 5.50. The van der Waals surface area contributed by atoms with Gasteiger partial charge in [0.1, 0.15) is 0 Å². The Balaban J connectivity index is 1.44. The van der Waals surface area contributed by atoms with Gasteiger partial charge in [-0.2, -0.15) is 0 Å². The van der Waals surface area contributed by atoms with Crippen LogP contribution in [0, 0.1) is 5.92 Å².